The third-order valence-corrected chi connectivity index (χ3v) is 6.33. The largest absolute Gasteiger partial charge is 0.497 e. The van der Waals surface area contributed by atoms with E-state index in [4.69, 9.17) is 4.74 Å². The van der Waals surface area contributed by atoms with Crippen molar-refractivity contribution in [2.75, 3.05) is 23.5 Å². The average Bonchev–Trinajstić information content (AvgIpc) is 3.33. The lowest BCUT2D eigenvalue weighted by Crippen LogP contribution is -2.19. The van der Waals surface area contributed by atoms with Crippen LogP contribution in [0, 0.1) is 13.8 Å². The molecule has 2 N–H and O–H groups in total. The van der Waals surface area contributed by atoms with Gasteiger partial charge in [-0.2, -0.15) is 0 Å². The molecule has 0 bridgehead atoms. The minimum Gasteiger partial charge on any atom is -0.497 e. The van der Waals surface area contributed by atoms with Crippen LogP contribution in [-0.2, 0) is 4.79 Å². The molecule has 3 aromatic carbocycles. The Labute approximate surface area is 207 Å². The molecule has 2 amide bonds. The molecule has 0 atom stereocenters. The maximum absolute atomic E-state index is 12.9. The highest BCUT2D eigenvalue weighted by Crippen LogP contribution is 2.23. The summed E-state index contributed by atoms with van der Waals surface area (Å²) in [7, 11) is 1.56. The van der Waals surface area contributed by atoms with Crippen molar-refractivity contribution >= 4 is 35.0 Å². The molecule has 0 aliphatic heterocycles. The first-order valence-electron chi connectivity index (χ1n) is 10.9. The molecule has 4 aromatic rings. The van der Waals surface area contributed by atoms with Crippen LogP contribution in [0.15, 0.2) is 78.2 Å². The van der Waals surface area contributed by atoms with Gasteiger partial charge in [-0.1, -0.05) is 36.0 Å². The van der Waals surface area contributed by atoms with Crippen LogP contribution in [0.3, 0.4) is 0 Å². The molecule has 0 fully saturated rings. The van der Waals surface area contributed by atoms with E-state index in [1.807, 2.05) is 23.6 Å². The standard InChI is InChI=1S/C26H25N5O3S/c1-17-11-12-20(13-18(17)2)31-16-27-30-26(31)35-15-24(32)29-23-10-5-4-9-22(23)25(33)28-19-7-6-8-21(14-19)34-3/h4-14,16H,15H2,1-3H3,(H,28,33)(H,29,32). The van der Waals surface area contributed by atoms with Crippen LogP contribution in [0.4, 0.5) is 11.4 Å². The van der Waals surface area contributed by atoms with Crippen LogP contribution in [0.1, 0.15) is 21.5 Å². The van der Waals surface area contributed by atoms with Gasteiger partial charge < -0.3 is 15.4 Å². The van der Waals surface area contributed by atoms with Gasteiger partial charge in [0.05, 0.1) is 24.1 Å². The van der Waals surface area contributed by atoms with Crippen molar-refractivity contribution in [3.63, 3.8) is 0 Å². The number of aryl methyl sites for hydroxylation is 2. The Balaban J connectivity index is 1.42. The number of para-hydroxylation sites is 1. The minimum absolute atomic E-state index is 0.107. The Morgan fingerprint density at radius 1 is 0.971 bits per heavy atom. The lowest BCUT2D eigenvalue weighted by atomic mass is 10.1. The highest BCUT2D eigenvalue weighted by atomic mass is 32.2. The SMILES string of the molecule is COc1cccc(NC(=O)c2ccccc2NC(=O)CSc2nncn2-c2ccc(C)c(C)c2)c1. The molecule has 0 aliphatic carbocycles. The molecule has 9 heteroatoms. The van der Waals surface area contributed by atoms with E-state index in [1.54, 1.807) is 62.0 Å². The highest BCUT2D eigenvalue weighted by Gasteiger charge is 2.15. The summed E-state index contributed by atoms with van der Waals surface area (Å²) in [5.41, 5.74) is 4.66. The molecule has 1 heterocycles. The second-order valence-corrected chi connectivity index (χ2v) is 8.76. The predicted octanol–water partition coefficient (Wildman–Crippen LogP) is 4.88. The van der Waals surface area contributed by atoms with Gasteiger partial charge in [0.2, 0.25) is 5.91 Å². The zero-order chi connectivity index (χ0) is 24.8. The van der Waals surface area contributed by atoms with E-state index >= 15 is 0 Å². The summed E-state index contributed by atoms with van der Waals surface area (Å²) in [5.74, 6) is 0.146. The second kappa shape index (κ2) is 10.9. The molecule has 178 valence electrons. The third-order valence-electron chi connectivity index (χ3n) is 5.39. The van der Waals surface area contributed by atoms with E-state index in [1.165, 1.54) is 17.3 Å². The first kappa shape index (κ1) is 24.0. The molecule has 4 rings (SSSR count). The molecular weight excluding hydrogens is 462 g/mol. The van der Waals surface area contributed by atoms with Gasteiger partial charge in [0.25, 0.3) is 5.91 Å². The van der Waals surface area contributed by atoms with E-state index in [2.05, 4.69) is 33.8 Å². The Bertz CT molecular complexity index is 1370. The van der Waals surface area contributed by atoms with Crippen molar-refractivity contribution in [1.29, 1.82) is 0 Å². The fourth-order valence-electron chi connectivity index (χ4n) is 3.38. The number of hydrogen-bond donors (Lipinski definition) is 2. The second-order valence-electron chi connectivity index (χ2n) is 7.82. The number of aromatic nitrogens is 3. The van der Waals surface area contributed by atoms with Gasteiger partial charge >= 0.3 is 0 Å². The van der Waals surface area contributed by atoms with Gasteiger partial charge in [-0.25, -0.2) is 0 Å². The van der Waals surface area contributed by atoms with E-state index in [9.17, 15) is 9.59 Å². The summed E-state index contributed by atoms with van der Waals surface area (Å²) >= 11 is 1.27. The van der Waals surface area contributed by atoms with Crippen molar-refractivity contribution in [1.82, 2.24) is 14.8 Å². The monoisotopic (exact) mass is 487 g/mol. The summed E-state index contributed by atoms with van der Waals surface area (Å²) < 4.78 is 7.05. The van der Waals surface area contributed by atoms with Crippen molar-refractivity contribution < 1.29 is 14.3 Å². The Morgan fingerprint density at radius 2 is 1.80 bits per heavy atom. The summed E-state index contributed by atoms with van der Waals surface area (Å²) in [5, 5.41) is 14.4. The molecule has 0 radical (unpaired) electrons. The number of nitrogens with one attached hydrogen (secondary N) is 2. The number of hydrogen-bond acceptors (Lipinski definition) is 6. The van der Waals surface area contributed by atoms with Gasteiger partial charge in [-0.15, -0.1) is 10.2 Å². The number of rotatable bonds is 8. The number of amides is 2. The average molecular weight is 488 g/mol. The highest BCUT2D eigenvalue weighted by molar-refractivity contribution is 7.99. The van der Waals surface area contributed by atoms with Crippen molar-refractivity contribution in [3.8, 4) is 11.4 Å². The summed E-state index contributed by atoms with van der Waals surface area (Å²) in [6.45, 7) is 4.10. The van der Waals surface area contributed by atoms with Crippen molar-refractivity contribution in [2.24, 2.45) is 0 Å². The van der Waals surface area contributed by atoms with Crippen LogP contribution < -0.4 is 15.4 Å². The molecule has 8 nitrogen and oxygen atoms in total. The molecule has 0 saturated carbocycles. The zero-order valence-corrected chi connectivity index (χ0v) is 20.4. The van der Waals surface area contributed by atoms with E-state index in [0.29, 0.717) is 27.8 Å². The van der Waals surface area contributed by atoms with Crippen LogP contribution in [0.25, 0.3) is 5.69 Å². The topological polar surface area (TPSA) is 98.1 Å². The van der Waals surface area contributed by atoms with Crippen molar-refractivity contribution in [3.05, 3.63) is 89.7 Å². The van der Waals surface area contributed by atoms with Gasteiger partial charge in [0.15, 0.2) is 5.16 Å². The lowest BCUT2D eigenvalue weighted by molar-refractivity contribution is -0.113. The van der Waals surface area contributed by atoms with Gasteiger partial charge in [0, 0.05) is 17.4 Å². The molecule has 0 saturated heterocycles. The van der Waals surface area contributed by atoms with E-state index in [-0.39, 0.29) is 17.6 Å². The van der Waals surface area contributed by atoms with E-state index < -0.39 is 0 Å². The first-order chi connectivity index (χ1) is 16.9. The first-order valence-corrected chi connectivity index (χ1v) is 11.9. The lowest BCUT2D eigenvalue weighted by Gasteiger charge is -2.12. The van der Waals surface area contributed by atoms with E-state index in [0.717, 1.165) is 11.3 Å². The summed E-state index contributed by atoms with van der Waals surface area (Å²) in [6.07, 6.45) is 1.63. The number of carbonyl (C=O) groups is 2. The maximum Gasteiger partial charge on any atom is 0.257 e. The molecule has 35 heavy (non-hydrogen) atoms. The van der Waals surface area contributed by atoms with Crippen LogP contribution in [-0.4, -0.2) is 39.4 Å². The number of nitrogens with zero attached hydrogens (tertiary/aromatic N) is 3. The predicted molar refractivity (Wildman–Crippen MR) is 138 cm³/mol. The number of methoxy groups -OCH3 is 1. The molecular formula is C26H25N5O3S. The fourth-order valence-corrected chi connectivity index (χ4v) is 4.11. The Kier molecular flexibility index (Phi) is 7.47. The zero-order valence-electron chi connectivity index (χ0n) is 19.6. The Hall–Kier alpha value is -4.11. The summed E-state index contributed by atoms with van der Waals surface area (Å²) in [6, 6.07) is 20.0. The number of thioether (sulfide) groups is 1. The number of ether oxygens (including phenoxy) is 1. The minimum atomic E-state index is -0.337. The smallest absolute Gasteiger partial charge is 0.257 e. The normalized spacial score (nSPS) is 10.6. The summed E-state index contributed by atoms with van der Waals surface area (Å²) in [4.78, 5) is 25.6. The van der Waals surface area contributed by atoms with Crippen LogP contribution in [0.5, 0.6) is 5.75 Å². The van der Waals surface area contributed by atoms with Crippen LogP contribution >= 0.6 is 11.8 Å². The Morgan fingerprint density at radius 3 is 2.60 bits per heavy atom. The molecule has 0 aliphatic rings. The van der Waals surface area contributed by atoms with Gasteiger partial charge in [-0.3, -0.25) is 14.2 Å². The number of carbonyl (C=O) groups excluding carboxylic acids is 2. The molecule has 0 spiro atoms. The third kappa shape index (κ3) is 5.88. The number of anilines is 2. The van der Waals surface area contributed by atoms with Gasteiger partial charge in [0.1, 0.15) is 12.1 Å². The molecule has 0 unspecified atom stereocenters. The van der Waals surface area contributed by atoms with Crippen molar-refractivity contribution in [2.45, 2.75) is 19.0 Å². The molecule has 1 aromatic heterocycles. The fraction of sp³-hybridized carbons (Fsp3) is 0.154. The van der Waals surface area contributed by atoms with Gasteiger partial charge in [-0.05, 0) is 61.4 Å². The maximum atomic E-state index is 12.9. The quantitative estimate of drug-likeness (QED) is 0.344. The van der Waals surface area contributed by atoms with Crippen LogP contribution in [0.2, 0.25) is 0 Å². The number of benzene rings is 3.